The molecule has 1 aromatic rings. The fourth-order valence-corrected chi connectivity index (χ4v) is 1.60. The standard InChI is InChI=1S/C10H15N3/c1-2-5-12-10(3-1)13-8-9-4-6-11-7-9/h1-3,5,9,11H,4,6-8H2,(H,12,13)/t9-/m0/s1. The SMILES string of the molecule is c1ccc(NC[C@H]2CCNC2)nc1. The number of pyridine rings is 1. The largest absolute Gasteiger partial charge is 0.370 e. The third-order valence-corrected chi connectivity index (χ3v) is 2.40. The zero-order valence-corrected chi connectivity index (χ0v) is 7.66. The van der Waals surface area contributed by atoms with Crippen LogP contribution in [-0.4, -0.2) is 24.6 Å². The molecule has 0 saturated carbocycles. The summed E-state index contributed by atoms with van der Waals surface area (Å²) in [7, 11) is 0. The maximum Gasteiger partial charge on any atom is 0.125 e. The molecular weight excluding hydrogens is 162 g/mol. The van der Waals surface area contributed by atoms with Crippen LogP contribution < -0.4 is 10.6 Å². The number of hydrogen-bond acceptors (Lipinski definition) is 3. The number of aromatic nitrogens is 1. The molecule has 0 aliphatic carbocycles. The van der Waals surface area contributed by atoms with Crippen LogP contribution >= 0.6 is 0 Å². The molecule has 1 aromatic heterocycles. The van der Waals surface area contributed by atoms with Crippen LogP contribution in [0.15, 0.2) is 24.4 Å². The Kier molecular flexibility index (Phi) is 2.77. The van der Waals surface area contributed by atoms with Crippen LogP contribution in [0, 0.1) is 5.92 Å². The van der Waals surface area contributed by atoms with Gasteiger partial charge in [0.1, 0.15) is 5.82 Å². The first-order chi connectivity index (χ1) is 6.45. The summed E-state index contributed by atoms with van der Waals surface area (Å²) in [4.78, 5) is 4.21. The Bertz CT molecular complexity index is 242. The summed E-state index contributed by atoms with van der Waals surface area (Å²) in [5, 5.41) is 6.68. The molecule has 0 spiro atoms. The first-order valence-electron chi connectivity index (χ1n) is 4.81. The molecule has 13 heavy (non-hydrogen) atoms. The lowest BCUT2D eigenvalue weighted by atomic mass is 10.1. The Hall–Kier alpha value is -1.09. The van der Waals surface area contributed by atoms with Gasteiger partial charge in [-0.1, -0.05) is 6.07 Å². The van der Waals surface area contributed by atoms with Gasteiger partial charge in [0.05, 0.1) is 0 Å². The van der Waals surface area contributed by atoms with Crippen molar-refractivity contribution in [1.29, 1.82) is 0 Å². The molecule has 0 unspecified atom stereocenters. The van der Waals surface area contributed by atoms with Crippen LogP contribution in [-0.2, 0) is 0 Å². The molecule has 2 heterocycles. The Morgan fingerprint density at radius 1 is 1.54 bits per heavy atom. The predicted molar refractivity (Wildman–Crippen MR) is 53.7 cm³/mol. The molecule has 1 saturated heterocycles. The summed E-state index contributed by atoms with van der Waals surface area (Å²) in [5.41, 5.74) is 0. The smallest absolute Gasteiger partial charge is 0.125 e. The lowest BCUT2D eigenvalue weighted by Crippen LogP contribution is -2.17. The van der Waals surface area contributed by atoms with Gasteiger partial charge < -0.3 is 10.6 Å². The van der Waals surface area contributed by atoms with Gasteiger partial charge in [-0.3, -0.25) is 0 Å². The Labute approximate surface area is 78.6 Å². The highest BCUT2D eigenvalue weighted by Gasteiger charge is 2.13. The van der Waals surface area contributed by atoms with Crippen molar-refractivity contribution in [3.05, 3.63) is 24.4 Å². The van der Waals surface area contributed by atoms with Gasteiger partial charge in [-0.05, 0) is 37.6 Å². The average molecular weight is 177 g/mol. The fraction of sp³-hybridized carbons (Fsp3) is 0.500. The minimum Gasteiger partial charge on any atom is -0.370 e. The number of hydrogen-bond donors (Lipinski definition) is 2. The Morgan fingerprint density at radius 2 is 2.54 bits per heavy atom. The highest BCUT2D eigenvalue weighted by atomic mass is 15.0. The molecule has 2 N–H and O–H groups in total. The topological polar surface area (TPSA) is 37.0 Å². The summed E-state index contributed by atoms with van der Waals surface area (Å²) in [6.07, 6.45) is 3.09. The Balaban J connectivity index is 1.79. The molecule has 0 aromatic carbocycles. The lowest BCUT2D eigenvalue weighted by molar-refractivity contribution is 0.614. The van der Waals surface area contributed by atoms with Crippen molar-refractivity contribution in [1.82, 2.24) is 10.3 Å². The minimum absolute atomic E-state index is 0.766. The second kappa shape index (κ2) is 4.23. The molecular formula is C10H15N3. The van der Waals surface area contributed by atoms with Gasteiger partial charge >= 0.3 is 0 Å². The van der Waals surface area contributed by atoms with Gasteiger partial charge in [0.15, 0.2) is 0 Å². The predicted octanol–water partition coefficient (Wildman–Crippen LogP) is 1.10. The second-order valence-electron chi connectivity index (χ2n) is 3.45. The van der Waals surface area contributed by atoms with Crippen LogP contribution in [0.25, 0.3) is 0 Å². The second-order valence-corrected chi connectivity index (χ2v) is 3.45. The van der Waals surface area contributed by atoms with E-state index in [1.165, 1.54) is 6.42 Å². The number of nitrogens with zero attached hydrogens (tertiary/aromatic N) is 1. The van der Waals surface area contributed by atoms with Crippen LogP contribution in [0.3, 0.4) is 0 Å². The van der Waals surface area contributed by atoms with Crippen LogP contribution in [0.2, 0.25) is 0 Å². The minimum atomic E-state index is 0.766. The molecule has 1 aliphatic heterocycles. The van der Waals surface area contributed by atoms with E-state index < -0.39 is 0 Å². The highest BCUT2D eigenvalue weighted by molar-refractivity contribution is 5.33. The van der Waals surface area contributed by atoms with Crippen molar-refractivity contribution < 1.29 is 0 Å². The van der Waals surface area contributed by atoms with E-state index in [9.17, 15) is 0 Å². The van der Waals surface area contributed by atoms with E-state index in [1.807, 2.05) is 24.4 Å². The van der Waals surface area contributed by atoms with E-state index in [0.717, 1.165) is 31.4 Å². The van der Waals surface area contributed by atoms with Crippen molar-refractivity contribution in [2.24, 2.45) is 5.92 Å². The van der Waals surface area contributed by atoms with Crippen molar-refractivity contribution >= 4 is 5.82 Å². The molecule has 2 rings (SSSR count). The molecule has 0 bridgehead atoms. The number of nitrogens with one attached hydrogen (secondary N) is 2. The van der Waals surface area contributed by atoms with E-state index in [0.29, 0.717) is 0 Å². The van der Waals surface area contributed by atoms with E-state index in [4.69, 9.17) is 0 Å². The van der Waals surface area contributed by atoms with Gasteiger partial charge in [-0.25, -0.2) is 4.98 Å². The first-order valence-corrected chi connectivity index (χ1v) is 4.81. The summed E-state index contributed by atoms with van der Waals surface area (Å²) in [6.45, 7) is 3.33. The van der Waals surface area contributed by atoms with E-state index in [1.54, 1.807) is 0 Å². The van der Waals surface area contributed by atoms with Crippen molar-refractivity contribution in [3.63, 3.8) is 0 Å². The number of rotatable bonds is 3. The van der Waals surface area contributed by atoms with Gasteiger partial charge in [0.25, 0.3) is 0 Å². The fourth-order valence-electron chi connectivity index (χ4n) is 1.60. The van der Waals surface area contributed by atoms with Gasteiger partial charge in [-0.15, -0.1) is 0 Å². The first kappa shape index (κ1) is 8.51. The third kappa shape index (κ3) is 2.42. The normalized spacial score (nSPS) is 21.7. The van der Waals surface area contributed by atoms with Crippen LogP contribution in [0.4, 0.5) is 5.82 Å². The zero-order valence-electron chi connectivity index (χ0n) is 7.66. The monoisotopic (exact) mass is 177 g/mol. The third-order valence-electron chi connectivity index (χ3n) is 2.40. The molecule has 0 radical (unpaired) electrons. The maximum atomic E-state index is 4.21. The quantitative estimate of drug-likeness (QED) is 0.726. The molecule has 1 aliphatic rings. The van der Waals surface area contributed by atoms with E-state index in [2.05, 4.69) is 15.6 Å². The van der Waals surface area contributed by atoms with Gasteiger partial charge in [0.2, 0.25) is 0 Å². The molecule has 1 atom stereocenters. The molecule has 3 nitrogen and oxygen atoms in total. The summed E-state index contributed by atoms with van der Waals surface area (Å²) >= 11 is 0. The Morgan fingerprint density at radius 3 is 3.23 bits per heavy atom. The van der Waals surface area contributed by atoms with Crippen molar-refractivity contribution in [3.8, 4) is 0 Å². The summed E-state index contributed by atoms with van der Waals surface area (Å²) < 4.78 is 0. The van der Waals surface area contributed by atoms with E-state index in [-0.39, 0.29) is 0 Å². The molecule has 3 heteroatoms. The lowest BCUT2D eigenvalue weighted by Gasteiger charge is -2.09. The summed E-state index contributed by atoms with van der Waals surface area (Å²) in [5.74, 6) is 1.75. The van der Waals surface area contributed by atoms with Crippen molar-refractivity contribution in [2.45, 2.75) is 6.42 Å². The molecule has 0 amide bonds. The zero-order chi connectivity index (χ0) is 8.93. The van der Waals surface area contributed by atoms with Crippen molar-refractivity contribution in [2.75, 3.05) is 25.0 Å². The maximum absolute atomic E-state index is 4.21. The molecule has 1 fully saturated rings. The number of anilines is 1. The molecule has 70 valence electrons. The van der Waals surface area contributed by atoms with Crippen LogP contribution in [0.5, 0.6) is 0 Å². The average Bonchev–Trinajstić information content (AvgIpc) is 2.69. The van der Waals surface area contributed by atoms with E-state index >= 15 is 0 Å². The van der Waals surface area contributed by atoms with Crippen LogP contribution in [0.1, 0.15) is 6.42 Å². The van der Waals surface area contributed by atoms with Gasteiger partial charge in [0, 0.05) is 12.7 Å². The highest BCUT2D eigenvalue weighted by Crippen LogP contribution is 2.08. The van der Waals surface area contributed by atoms with Gasteiger partial charge in [-0.2, -0.15) is 0 Å². The summed E-state index contributed by atoms with van der Waals surface area (Å²) in [6, 6.07) is 5.94.